The van der Waals surface area contributed by atoms with Gasteiger partial charge >= 0.3 is 0 Å². The van der Waals surface area contributed by atoms with Crippen molar-refractivity contribution in [3.05, 3.63) is 47.0 Å². The van der Waals surface area contributed by atoms with Gasteiger partial charge in [-0.2, -0.15) is 0 Å². The number of aromatic nitrogens is 3. The van der Waals surface area contributed by atoms with Gasteiger partial charge in [-0.15, -0.1) is 10.2 Å². The Labute approximate surface area is 120 Å². The van der Waals surface area contributed by atoms with Crippen LogP contribution in [0.1, 0.15) is 42.7 Å². The topological polar surface area (TPSA) is 42.7 Å². The SMILES string of the molecule is Cc1ccc(Cc2nnc3n2CCNC3C(C)C)cc1. The normalized spacial score (nSPS) is 18.3. The Bertz CT molecular complexity index is 583. The molecule has 4 heteroatoms. The summed E-state index contributed by atoms with van der Waals surface area (Å²) < 4.78 is 2.29. The van der Waals surface area contributed by atoms with E-state index in [-0.39, 0.29) is 0 Å². The van der Waals surface area contributed by atoms with E-state index in [0.717, 1.165) is 31.2 Å². The van der Waals surface area contributed by atoms with Gasteiger partial charge in [0.2, 0.25) is 0 Å². The zero-order valence-corrected chi connectivity index (χ0v) is 12.4. The summed E-state index contributed by atoms with van der Waals surface area (Å²) in [6.07, 6.45) is 0.859. The molecule has 1 aliphatic rings. The molecule has 1 N–H and O–H groups in total. The first-order chi connectivity index (χ1) is 9.65. The maximum absolute atomic E-state index is 4.42. The lowest BCUT2D eigenvalue weighted by molar-refractivity contribution is 0.335. The highest BCUT2D eigenvalue weighted by atomic mass is 15.3. The van der Waals surface area contributed by atoms with Crippen LogP contribution in [0.15, 0.2) is 24.3 Å². The monoisotopic (exact) mass is 270 g/mol. The third-order valence-electron chi connectivity index (χ3n) is 3.98. The molecular formula is C16H22N4. The van der Waals surface area contributed by atoms with Gasteiger partial charge in [0.05, 0.1) is 6.04 Å². The quantitative estimate of drug-likeness (QED) is 0.931. The lowest BCUT2D eigenvalue weighted by atomic mass is 10.0. The minimum absolute atomic E-state index is 0.322. The van der Waals surface area contributed by atoms with Crippen LogP contribution in [0.25, 0.3) is 0 Å². The molecule has 20 heavy (non-hydrogen) atoms. The van der Waals surface area contributed by atoms with E-state index in [1.807, 2.05) is 0 Å². The predicted molar refractivity (Wildman–Crippen MR) is 79.6 cm³/mol. The van der Waals surface area contributed by atoms with E-state index in [9.17, 15) is 0 Å². The molecule has 0 bridgehead atoms. The lowest BCUT2D eigenvalue weighted by Gasteiger charge is -2.27. The molecule has 3 rings (SSSR count). The second-order valence-electron chi connectivity index (χ2n) is 5.96. The van der Waals surface area contributed by atoms with Gasteiger partial charge in [-0.05, 0) is 18.4 Å². The van der Waals surface area contributed by atoms with E-state index >= 15 is 0 Å². The number of hydrogen-bond donors (Lipinski definition) is 1. The van der Waals surface area contributed by atoms with E-state index in [2.05, 4.69) is 65.1 Å². The molecule has 0 fully saturated rings. The fourth-order valence-corrected chi connectivity index (χ4v) is 2.80. The van der Waals surface area contributed by atoms with Gasteiger partial charge in [0.1, 0.15) is 5.82 Å². The molecule has 0 aliphatic carbocycles. The summed E-state index contributed by atoms with van der Waals surface area (Å²) >= 11 is 0. The van der Waals surface area contributed by atoms with Gasteiger partial charge in [-0.1, -0.05) is 43.7 Å². The van der Waals surface area contributed by atoms with Crippen LogP contribution >= 0.6 is 0 Å². The molecule has 0 spiro atoms. The largest absolute Gasteiger partial charge is 0.312 e. The van der Waals surface area contributed by atoms with Crippen molar-refractivity contribution in [2.45, 2.75) is 39.8 Å². The average Bonchev–Trinajstić information content (AvgIpc) is 2.84. The average molecular weight is 270 g/mol. The number of rotatable bonds is 3. The van der Waals surface area contributed by atoms with Crippen LogP contribution in [-0.4, -0.2) is 21.3 Å². The third kappa shape index (κ3) is 2.48. The summed E-state index contributed by atoms with van der Waals surface area (Å²) in [5.74, 6) is 2.70. The summed E-state index contributed by atoms with van der Waals surface area (Å²) in [6.45, 7) is 8.52. The Morgan fingerprint density at radius 3 is 2.70 bits per heavy atom. The fourth-order valence-electron chi connectivity index (χ4n) is 2.80. The van der Waals surface area contributed by atoms with E-state index in [0.29, 0.717) is 12.0 Å². The van der Waals surface area contributed by atoms with E-state index < -0.39 is 0 Å². The zero-order valence-electron chi connectivity index (χ0n) is 12.4. The standard InChI is InChI=1S/C16H22N4/c1-11(2)15-16-19-18-14(20(16)9-8-17-15)10-13-6-4-12(3)5-7-13/h4-7,11,15,17H,8-10H2,1-3H3. The maximum Gasteiger partial charge on any atom is 0.150 e. The second-order valence-corrected chi connectivity index (χ2v) is 5.96. The molecule has 106 valence electrons. The molecule has 0 amide bonds. The highest BCUT2D eigenvalue weighted by Crippen LogP contribution is 2.24. The number of benzene rings is 1. The maximum atomic E-state index is 4.42. The molecule has 2 heterocycles. The van der Waals surface area contributed by atoms with Gasteiger partial charge in [-0.25, -0.2) is 0 Å². The Kier molecular flexibility index (Phi) is 3.57. The number of hydrogen-bond acceptors (Lipinski definition) is 3. The van der Waals surface area contributed by atoms with Crippen molar-refractivity contribution in [3.63, 3.8) is 0 Å². The van der Waals surface area contributed by atoms with Gasteiger partial charge in [0.25, 0.3) is 0 Å². The predicted octanol–water partition coefficient (Wildman–Crippen LogP) is 2.48. The molecule has 0 saturated carbocycles. The van der Waals surface area contributed by atoms with Gasteiger partial charge in [0, 0.05) is 19.5 Å². The Morgan fingerprint density at radius 1 is 1.25 bits per heavy atom. The van der Waals surface area contributed by atoms with E-state index in [1.54, 1.807) is 0 Å². The summed E-state index contributed by atoms with van der Waals surface area (Å²) in [6, 6.07) is 8.99. The van der Waals surface area contributed by atoms with Crippen LogP contribution in [0.2, 0.25) is 0 Å². The Balaban J connectivity index is 1.87. The molecule has 0 radical (unpaired) electrons. The molecule has 1 aromatic heterocycles. The van der Waals surface area contributed by atoms with Gasteiger partial charge in [0.15, 0.2) is 5.82 Å². The van der Waals surface area contributed by atoms with Crippen LogP contribution in [0.3, 0.4) is 0 Å². The van der Waals surface area contributed by atoms with E-state index in [4.69, 9.17) is 0 Å². The lowest BCUT2D eigenvalue weighted by Crippen LogP contribution is -2.37. The highest BCUT2D eigenvalue weighted by Gasteiger charge is 2.26. The second kappa shape index (κ2) is 5.37. The molecule has 1 unspecified atom stereocenters. The Hall–Kier alpha value is -1.68. The molecule has 2 aromatic rings. The zero-order chi connectivity index (χ0) is 14.1. The number of fused-ring (bicyclic) bond motifs is 1. The van der Waals surface area contributed by atoms with Crippen molar-refractivity contribution in [3.8, 4) is 0 Å². The smallest absolute Gasteiger partial charge is 0.150 e. The number of nitrogens with zero attached hydrogens (tertiary/aromatic N) is 3. The first-order valence-electron chi connectivity index (χ1n) is 7.36. The van der Waals surface area contributed by atoms with Crippen molar-refractivity contribution < 1.29 is 0 Å². The van der Waals surface area contributed by atoms with Crippen LogP contribution in [0.5, 0.6) is 0 Å². The van der Waals surface area contributed by atoms with Crippen molar-refractivity contribution in [1.29, 1.82) is 0 Å². The summed E-state index contributed by atoms with van der Waals surface area (Å²) in [5, 5.41) is 12.4. The summed E-state index contributed by atoms with van der Waals surface area (Å²) in [4.78, 5) is 0. The number of nitrogens with one attached hydrogen (secondary N) is 1. The molecule has 1 aromatic carbocycles. The van der Waals surface area contributed by atoms with Crippen LogP contribution in [0, 0.1) is 12.8 Å². The van der Waals surface area contributed by atoms with Crippen molar-refractivity contribution in [1.82, 2.24) is 20.1 Å². The van der Waals surface area contributed by atoms with Gasteiger partial charge in [-0.3, -0.25) is 0 Å². The fraction of sp³-hybridized carbons (Fsp3) is 0.500. The van der Waals surface area contributed by atoms with Crippen molar-refractivity contribution in [2.24, 2.45) is 5.92 Å². The van der Waals surface area contributed by atoms with Crippen LogP contribution < -0.4 is 5.32 Å². The Morgan fingerprint density at radius 2 is 2.00 bits per heavy atom. The van der Waals surface area contributed by atoms with Crippen molar-refractivity contribution in [2.75, 3.05) is 6.54 Å². The molecule has 1 aliphatic heterocycles. The first-order valence-corrected chi connectivity index (χ1v) is 7.36. The molecule has 1 atom stereocenters. The summed E-state index contributed by atoms with van der Waals surface area (Å²) in [7, 11) is 0. The van der Waals surface area contributed by atoms with E-state index in [1.165, 1.54) is 11.1 Å². The molecule has 4 nitrogen and oxygen atoms in total. The highest BCUT2D eigenvalue weighted by molar-refractivity contribution is 5.24. The van der Waals surface area contributed by atoms with Gasteiger partial charge < -0.3 is 9.88 Å². The third-order valence-corrected chi connectivity index (χ3v) is 3.98. The number of aryl methyl sites for hydroxylation is 1. The minimum atomic E-state index is 0.322. The minimum Gasteiger partial charge on any atom is -0.312 e. The summed E-state index contributed by atoms with van der Waals surface area (Å²) in [5.41, 5.74) is 2.59. The van der Waals surface area contributed by atoms with Crippen molar-refractivity contribution >= 4 is 0 Å². The first kappa shape index (κ1) is 13.3. The molecule has 0 saturated heterocycles. The molecular weight excluding hydrogens is 248 g/mol. The van der Waals surface area contributed by atoms with Crippen LogP contribution in [0.4, 0.5) is 0 Å². The van der Waals surface area contributed by atoms with Crippen LogP contribution in [-0.2, 0) is 13.0 Å².